The molecule has 122 valence electrons. The van der Waals surface area contributed by atoms with Gasteiger partial charge in [0.25, 0.3) is 0 Å². The molecule has 1 aromatic carbocycles. The van der Waals surface area contributed by atoms with Crippen LogP contribution in [0.5, 0.6) is 0 Å². The summed E-state index contributed by atoms with van der Waals surface area (Å²) in [7, 11) is 0. The minimum absolute atomic E-state index is 0.239. The van der Waals surface area contributed by atoms with Gasteiger partial charge >= 0.3 is 0 Å². The third kappa shape index (κ3) is 3.79. The topological polar surface area (TPSA) is 45.2 Å². The Labute approximate surface area is 141 Å². The second-order valence-electron chi connectivity index (χ2n) is 6.03. The van der Waals surface area contributed by atoms with Gasteiger partial charge < -0.3 is 10.2 Å². The fourth-order valence-corrected chi connectivity index (χ4v) is 3.75. The van der Waals surface area contributed by atoms with Crippen LogP contribution in [0.4, 0.5) is 5.69 Å². The number of benzene rings is 1. The van der Waals surface area contributed by atoms with Crippen LogP contribution in [0.2, 0.25) is 0 Å². The van der Waals surface area contributed by atoms with Crippen molar-refractivity contribution < 1.29 is 4.79 Å². The molecule has 1 aromatic heterocycles. The largest absolute Gasteiger partial charge is 0.312 e. The molecule has 1 aliphatic rings. The molecular formula is C18H23N3OS. The van der Waals surface area contributed by atoms with Crippen LogP contribution in [-0.2, 0) is 11.2 Å². The van der Waals surface area contributed by atoms with Crippen LogP contribution >= 0.6 is 11.3 Å². The highest BCUT2D eigenvalue weighted by molar-refractivity contribution is 7.09. The minimum Gasteiger partial charge on any atom is -0.312 e. The Morgan fingerprint density at radius 2 is 2.30 bits per heavy atom. The maximum absolute atomic E-state index is 11.9. The average molecular weight is 329 g/mol. The third-order valence-electron chi connectivity index (χ3n) is 4.40. The van der Waals surface area contributed by atoms with Gasteiger partial charge in [0.2, 0.25) is 5.91 Å². The van der Waals surface area contributed by atoms with Gasteiger partial charge in [-0.3, -0.25) is 4.79 Å². The molecule has 0 aliphatic carbocycles. The van der Waals surface area contributed by atoms with Crippen molar-refractivity contribution in [1.82, 2.24) is 10.3 Å². The molecule has 0 radical (unpaired) electrons. The lowest BCUT2D eigenvalue weighted by Gasteiger charge is -2.19. The lowest BCUT2D eigenvalue weighted by Crippen LogP contribution is -2.25. The van der Waals surface area contributed by atoms with Crippen LogP contribution in [-0.4, -0.2) is 24.0 Å². The lowest BCUT2D eigenvalue weighted by atomic mass is 10.1. The zero-order valence-corrected chi connectivity index (χ0v) is 14.5. The molecule has 1 unspecified atom stereocenters. The summed E-state index contributed by atoms with van der Waals surface area (Å²) in [4.78, 5) is 19.4. The predicted octanol–water partition coefficient (Wildman–Crippen LogP) is 3.47. The summed E-state index contributed by atoms with van der Waals surface area (Å²) < 4.78 is 0. The Morgan fingerprint density at radius 3 is 3.00 bits per heavy atom. The summed E-state index contributed by atoms with van der Waals surface area (Å²) in [5.41, 5.74) is 5.30. The third-order valence-corrected chi connectivity index (χ3v) is 5.40. The Hall–Kier alpha value is -1.72. The van der Waals surface area contributed by atoms with Crippen molar-refractivity contribution in [3.05, 3.63) is 45.9 Å². The highest BCUT2D eigenvalue weighted by Gasteiger charge is 2.22. The van der Waals surface area contributed by atoms with Crippen LogP contribution in [0.3, 0.4) is 0 Å². The van der Waals surface area contributed by atoms with Crippen molar-refractivity contribution in [3.63, 3.8) is 0 Å². The summed E-state index contributed by atoms with van der Waals surface area (Å²) in [6.45, 7) is 6.00. The van der Waals surface area contributed by atoms with Gasteiger partial charge in [-0.2, -0.15) is 0 Å². The van der Waals surface area contributed by atoms with Gasteiger partial charge in [0.15, 0.2) is 0 Å². The van der Waals surface area contributed by atoms with Crippen molar-refractivity contribution in [2.24, 2.45) is 0 Å². The Balaban J connectivity index is 1.60. The first-order valence-corrected chi connectivity index (χ1v) is 9.06. The molecule has 3 rings (SSSR count). The molecule has 2 aromatic rings. The maximum Gasteiger partial charge on any atom is 0.227 e. The first kappa shape index (κ1) is 16.1. The van der Waals surface area contributed by atoms with Crippen LogP contribution in [0.15, 0.2) is 29.8 Å². The van der Waals surface area contributed by atoms with E-state index in [0.29, 0.717) is 6.42 Å². The summed E-state index contributed by atoms with van der Waals surface area (Å²) >= 11 is 1.72. The van der Waals surface area contributed by atoms with Crippen molar-refractivity contribution in [3.8, 4) is 0 Å². The molecule has 0 bridgehead atoms. The van der Waals surface area contributed by atoms with Gasteiger partial charge in [0, 0.05) is 36.1 Å². The SMILES string of the molecule is Cc1ncsc1CCNC(C)c1cccc(N2CCCC2=O)c1. The number of rotatable bonds is 6. The number of aromatic nitrogens is 1. The molecule has 1 aliphatic heterocycles. The van der Waals surface area contributed by atoms with Gasteiger partial charge in [-0.1, -0.05) is 12.1 Å². The predicted molar refractivity (Wildman–Crippen MR) is 95.0 cm³/mol. The number of amides is 1. The standard InChI is InChI=1S/C18H23N3OS/c1-13(19-9-8-17-14(2)20-12-23-17)15-5-3-6-16(11-15)21-10-4-7-18(21)22/h3,5-6,11-13,19H,4,7-10H2,1-2H3. The molecule has 1 amide bonds. The van der Waals surface area contributed by atoms with E-state index < -0.39 is 0 Å². The second-order valence-corrected chi connectivity index (χ2v) is 6.97. The van der Waals surface area contributed by atoms with Gasteiger partial charge in [0.05, 0.1) is 11.2 Å². The quantitative estimate of drug-likeness (QED) is 0.882. The van der Waals surface area contributed by atoms with E-state index >= 15 is 0 Å². The number of anilines is 1. The summed E-state index contributed by atoms with van der Waals surface area (Å²) in [6, 6.07) is 8.60. The zero-order valence-electron chi connectivity index (χ0n) is 13.7. The number of carbonyl (C=O) groups is 1. The van der Waals surface area contributed by atoms with Crippen LogP contribution in [0.25, 0.3) is 0 Å². The summed E-state index contributed by atoms with van der Waals surface area (Å²) in [5.74, 6) is 0.239. The van der Waals surface area contributed by atoms with E-state index in [2.05, 4.69) is 36.3 Å². The number of aryl methyl sites for hydroxylation is 1. The molecule has 1 atom stereocenters. The van der Waals surface area contributed by atoms with Crippen LogP contribution < -0.4 is 10.2 Å². The van der Waals surface area contributed by atoms with Crippen molar-refractivity contribution in [2.75, 3.05) is 18.0 Å². The number of nitrogens with one attached hydrogen (secondary N) is 1. The molecule has 2 heterocycles. The fraction of sp³-hybridized carbons (Fsp3) is 0.444. The molecule has 1 saturated heterocycles. The highest BCUT2D eigenvalue weighted by Crippen LogP contribution is 2.24. The summed E-state index contributed by atoms with van der Waals surface area (Å²) in [5, 5.41) is 3.57. The smallest absolute Gasteiger partial charge is 0.227 e. The van der Waals surface area contributed by atoms with E-state index in [1.165, 1.54) is 10.4 Å². The first-order chi connectivity index (χ1) is 11.1. The average Bonchev–Trinajstić information content (AvgIpc) is 3.16. The molecule has 1 N–H and O–H groups in total. The number of carbonyl (C=O) groups excluding carboxylic acids is 1. The Morgan fingerprint density at radius 1 is 1.43 bits per heavy atom. The van der Waals surface area contributed by atoms with E-state index in [-0.39, 0.29) is 11.9 Å². The number of nitrogens with zero attached hydrogens (tertiary/aromatic N) is 2. The van der Waals surface area contributed by atoms with Gasteiger partial charge in [0.1, 0.15) is 0 Å². The van der Waals surface area contributed by atoms with Gasteiger partial charge in [-0.25, -0.2) is 4.98 Å². The monoisotopic (exact) mass is 329 g/mol. The van der Waals surface area contributed by atoms with Crippen molar-refractivity contribution >= 4 is 22.9 Å². The first-order valence-electron chi connectivity index (χ1n) is 8.18. The van der Waals surface area contributed by atoms with E-state index in [9.17, 15) is 4.79 Å². The van der Waals surface area contributed by atoms with E-state index in [1.54, 1.807) is 11.3 Å². The molecule has 5 heteroatoms. The molecule has 1 fully saturated rings. The normalized spacial score (nSPS) is 16.1. The van der Waals surface area contributed by atoms with E-state index in [1.807, 2.05) is 22.5 Å². The van der Waals surface area contributed by atoms with Gasteiger partial charge in [-0.05, 0) is 44.4 Å². The second kappa shape index (κ2) is 7.23. The Kier molecular flexibility index (Phi) is 5.08. The van der Waals surface area contributed by atoms with Crippen LogP contribution in [0.1, 0.15) is 41.9 Å². The summed E-state index contributed by atoms with van der Waals surface area (Å²) in [6.07, 6.45) is 2.64. The molecule has 0 saturated carbocycles. The molecule has 23 heavy (non-hydrogen) atoms. The fourth-order valence-electron chi connectivity index (χ4n) is 2.97. The highest BCUT2D eigenvalue weighted by atomic mass is 32.1. The number of hydrogen-bond acceptors (Lipinski definition) is 4. The van der Waals surface area contributed by atoms with E-state index in [0.717, 1.165) is 37.3 Å². The lowest BCUT2D eigenvalue weighted by molar-refractivity contribution is -0.117. The Bertz CT molecular complexity index is 682. The molecule has 4 nitrogen and oxygen atoms in total. The van der Waals surface area contributed by atoms with Crippen molar-refractivity contribution in [2.45, 2.75) is 39.2 Å². The molecular weight excluding hydrogens is 306 g/mol. The van der Waals surface area contributed by atoms with Gasteiger partial charge in [-0.15, -0.1) is 11.3 Å². The molecule has 0 spiro atoms. The van der Waals surface area contributed by atoms with Crippen LogP contribution in [0, 0.1) is 6.92 Å². The minimum atomic E-state index is 0.239. The van der Waals surface area contributed by atoms with E-state index in [4.69, 9.17) is 0 Å². The number of thiazole rings is 1. The number of hydrogen-bond donors (Lipinski definition) is 1. The van der Waals surface area contributed by atoms with Crippen molar-refractivity contribution in [1.29, 1.82) is 0 Å². The maximum atomic E-state index is 11.9. The zero-order chi connectivity index (χ0) is 16.2.